The Labute approximate surface area is 116 Å². The average Bonchev–Trinajstić information content (AvgIpc) is 2.68. The van der Waals surface area contributed by atoms with Gasteiger partial charge in [-0.2, -0.15) is 5.26 Å². The number of nitriles is 1. The van der Waals surface area contributed by atoms with Crippen molar-refractivity contribution in [1.82, 2.24) is 10.2 Å². The molecule has 1 N–H and O–H groups in total. The molecule has 0 aromatic carbocycles. The molecule has 0 bridgehead atoms. The lowest BCUT2D eigenvalue weighted by molar-refractivity contribution is -0.123. The van der Waals surface area contributed by atoms with Crippen molar-refractivity contribution >= 4 is 5.91 Å². The van der Waals surface area contributed by atoms with Crippen LogP contribution < -0.4 is 5.32 Å². The van der Waals surface area contributed by atoms with Crippen LogP contribution in [0.5, 0.6) is 0 Å². The summed E-state index contributed by atoms with van der Waals surface area (Å²) in [4.78, 5) is 14.2. The number of carbonyl (C=O) groups is 1. The molecule has 1 amide bonds. The molecular formula is C15H25N3O. The maximum atomic E-state index is 12.0. The molecule has 4 heteroatoms. The van der Waals surface area contributed by atoms with E-state index in [4.69, 9.17) is 5.26 Å². The molecule has 2 aliphatic rings. The van der Waals surface area contributed by atoms with Gasteiger partial charge >= 0.3 is 0 Å². The van der Waals surface area contributed by atoms with Crippen LogP contribution in [0.1, 0.15) is 51.4 Å². The second-order valence-electron chi connectivity index (χ2n) is 5.94. The number of carbonyl (C=O) groups excluding carboxylic acids is 1. The molecule has 1 aliphatic heterocycles. The number of piperidine rings is 1. The van der Waals surface area contributed by atoms with Gasteiger partial charge in [-0.05, 0) is 38.8 Å². The maximum absolute atomic E-state index is 12.0. The second kappa shape index (κ2) is 7.49. The van der Waals surface area contributed by atoms with Crippen LogP contribution in [0.4, 0.5) is 0 Å². The van der Waals surface area contributed by atoms with Crippen LogP contribution >= 0.6 is 0 Å². The second-order valence-corrected chi connectivity index (χ2v) is 5.94. The van der Waals surface area contributed by atoms with E-state index in [1.807, 2.05) is 0 Å². The molecule has 0 atom stereocenters. The van der Waals surface area contributed by atoms with Gasteiger partial charge in [0.05, 0.1) is 12.6 Å². The highest BCUT2D eigenvalue weighted by molar-refractivity contribution is 5.78. The van der Waals surface area contributed by atoms with Crippen LogP contribution in [0.25, 0.3) is 0 Å². The van der Waals surface area contributed by atoms with Gasteiger partial charge in [0.15, 0.2) is 0 Å². The smallest absolute Gasteiger partial charge is 0.234 e. The first-order valence-electron chi connectivity index (χ1n) is 7.69. The zero-order valence-corrected chi connectivity index (χ0v) is 11.7. The predicted molar refractivity (Wildman–Crippen MR) is 74.4 cm³/mol. The molecule has 0 unspecified atom stereocenters. The van der Waals surface area contributed by atoms with Crippen LogP contribution in [-0.4, -0.2) is 36.5 Å². The van der Waals surface area contributed by atoms with Crippen LogP contribution in [-0.2, 0) is 4.79 Å². The van der Waals surface area contributed by atoms with Gasteiger partial charge in [0.1, 0.15) is 0 Å². The average molecular weight is 263 g/mol. The highest BCUT2D eigenvalue weighted by atomic mass is 16.2. The number of nitrogens with zero attached hydrogens (tertiary/aromatic N) is 2. The van der Waals surface area contributed by atoms with Crippen molar-refractivity contribution in [2.45, 2.75) is 57.4 Å². The summed E-state index contributed by atoms with van der Waals surface area (Å²) in [5.74, 6) is 0.364. The minimum absolute atomic E-state index is 0.169. The van der Waals surface area contributed by atoms with E-state index in [1.165, 1.54) is 25.7 Å². The third-order valence-electron chi connectivity index (χ3n) is 4.36. The van der Waals surface area contributed by atoms with E-state index in [1.54, 1.807) is 0 Å². The lowest BCUT2D eigenvalue weighted by Crippen LogP contribution is -2.44. The topological polar surface area (TPSA) is 56.1 Å². The van der Waals surface area contributed by atoms with Crippen LogP contribution in [0, 0.1) is 17.2 Å². The molecule has 0 aromatic heterocycles. The summed E-state index contributed by atoms with van der Waals surface area (Å²) in [7, 11) is 0. The van der Waals surface area contributed by atoms with E-state index in [2.05, 4.69) is 16.3 Å². The number of rotatable bonds is 3. The fourth-order valence-corrected chi connectivity index (χ4v) is 3.12. The minimum atomic E-state index is 0.169. The van der Waals surface area contributed by atoms with Crippen molar-refractivity contribution < 1.29 is 4.79 Å². The Morgan fingerprint density at radius 3 is 2.32 bits per heavy atom. The Balaban J connectivity index is 1.68. The van der Waals surface area contributed by atoms with Crippen molar-refractivity contribution in [2.75, 3.05) is 19.6 Å². The maximum Gasteiger partial charge on any atom is 0.234 e. The Morgan fingerprint density at radius 1 is 1.11 bits per heavy atom. The van der Waals surface area contributed by atoms with E-state index < -0.39 is 0 Å². The Hall–Kier alpha value is -1.08. The van der Waals surface area contributed by atoms with E-state index in [0.29, 0.717) is 12.6 Å². The monoisotopic (exact) mass is 263 g/mol. The third-order valence-corrected chi connectivity index (χ3v) is 4.36. The first kappa shape index (κ1) is 14.3. The molecule has 1 aliphatic carbocycles. The summed E-state index contributed by atoms with van der Waals surface area (Å²) < 4.78 is 0. The number of likely N-dealkylation sites (tertiary alicyclic amines) is 1. The predicted octanol–water partition coefficient (Wildman–Crippen LogP) is 2.06. The first-order valence-corrected chi connectivity index (χ1v) is 7.69. The number of amides is 1. The van der Waals surface area contributed by atoms with Gasteiger partial charge < -0.3 is 5.32 Å². The zero-order valence-electron chi connectivity index (χ0n) is 11.7. The minimum Gasteiger partial charge on any atom is -0.352 e. The fourth-order valence-electron chi connectivity index (χ4n) is 3.12. The quantitative estimate of drug-likeness (QED) is 0.793. The van der Waals surface area contributed by atoms with E-state index in [0.717, 1.165) is 38.8 Å². The van der Waals surface area contributed by atoms with Crippen molar-refractivity contribution in [3.63, 3.8) is 0 Å². The molecule has 19 heavy (non-hydrogen) atoms. The number of nitrogens with one attached hydrogen (secondary N) is 1. The van der Waals surface area contributed by atoms with E-state index in [-0.39, 0.29) is 11.8 Å². The molecule has 1 heterocycles. The van der Waals surface area contributed by atoms with Gasteiger partial charge in [-0.15, -0.1) is 0 Å². The summed E-state index contributed by atoms with van der Waals surface area (Å²) in [6.07, 6.45) is 9.23. The van der Waals surface area contributed by atoms with Gasteiger partial charge in [-0.25, -0.2) is 0 Å². The van der Waals surface area contributed by atoms with Gasteiger partial charge in [-0.1, -0.05) is 25.7 Å². The van der Waals surface area contributed by atoms with Crippen molar-refractivity contribution in [3.8, 4) is 6.07 Å². The summed E-state index contributed by atoms with van der Waals surface area (Å²) in [6.45, 7) is 2.28. The summed E-state index contributed by atoms with van der Waals surface area (Å²) in [5.41, 5.74) is 0. The number of hydrogen-bond donors (Lipinski definition) is 1. The van der Waals surface area contributed by atoms with E-state index in [9.17, 15) is 4.79 Å². The molecule has 106 valence electrons. The first-order chi connectivity index (χ1) is 9.28. The zero-order chi connectivity index (χ0) is 13.5. The molecule has 0 aromatic rings. The van der Waals surface area contributed by atoms with Gasteiger partial charge in [0.2, 0.25) is 5.91 Å². The summed E-state index contributed by atoms with van der Waals surface area (Å²) in [5, 5.41) is 12.0. The highest BCUT2D eigenvalue weighted by Crippen LogP contribution is 2.18. The highest BCUT2D eigenvalue weighted by Gasteiger charge is 2.21. The molecule has 1 saturated carbocycles. The SMILES string of the molecule is N#CC1CCN(CC(=O)NC2CCCCCC2)CC1. The molecular weight excluding hydrogens is 238 g/mol. The molecule has 2 rings (SSSR count). The lowest BCUT2D eigenvalue weighted by Gasteiger charge is -2.29. The standard InChI is InChI=1S/C15H25N3O/c16-11-13-7-9-18(10-8-13)12-15(19)17-14-5-3-1-2-4-6-14/h13-14H,1-10,12H2,(H,17,19). The van der Waals surface area contributed by atoms with Crippen molar-refractivity contribution in [3.05, 3.63) is 0 Å². The van der Waals surface area contributed by atoms with Crippen molar-refractivity contribution in [1.29, 1.82) is 5.26 Å². The molecule has 1 saturated heterocycles. The largest absolute Gasteiger partial charge is 0.352 e. The molecule has 0 spiro atoms. The molecule has 2 fully saturated rings. The molecule has 4 nitrogen and oxygen atoms in total. The number of hydrogen-bond acceptors (Lipinski definition) is 3. The van der Waals surface area contributed by atoms with Gasteiger partial charge in [0, 0.05) is 12.0 Å². The lowest BCUT2D eigenvalue weighted by atomic mass is 9.99. The Bertz CT molecular complexity index is 321. The van der Waals surface area contributed by atoms with Crippen LogP contribution in [0.3, 0.4) is 0 Å². The third kappa shape index (κ3) is 4.83. The summed E-state index contributed by atoms with van der Waals surface area (Å²) >= 11 is 0. The van der Waals surface area contributed by atoms with Crippen molar-refractivity contribution in [2.24, 2.45) is 5.92 Å². The van der Waals surface area contributed by atoms with Crippen LogP contribution in [0.2, 0.25) is 0 Å². The van der Waals surface area contributed by atoms with E-state index >= 15 is 0 Å². The fraction of sp³-hybridized carbons (Fsp3) is 0.867. The van der Waals surface area contributed by atoms with Gasteiger partial charge in [-0.3, -0.25) is 9.69 Å². The Morgan fingerprint density at radius 2 is 1.74 bits per heavy atom. The Kier molecular flexibility index (Phi) is 5.65. The normalized spacial score (nSPS) is 23.5. The van der Waals surface area contributed by atoms with Crippen LogP contribution in [0.15, 0.2) is 0 Å². The summed E-state index contributed by atoms with van der Waals surface area (Å²) in [6, 6.07) is 2.72. The molecule has 0 radical (unpaired) electrons. The van der Waals surface area contributed by atoms with Gasteiger partial charge in [0.25, 0.3) is 0 Å².